The lowest BCUT2D eigenvalue weighted by molar-refractivity contribution is -0.130. The number of hydrogen-bond donors (Lipinski definition) is 1. The van der Waals surface area contributed by atoms with Crippen LogP contribution in [-0.2, 0) is 16.6 Å². The Morgan fingerprint density at radius 2 is 1.85 bits per heavy atom. The van der Waals surface area contributed by atoms with E-state index in [0.717, 1.165) is 11.3 Å². The quantitative estimate of drug-likeness (QED) is 0.528. The molecule has 1 fully saturated rings. The fourth-order valence-electron chi connectivity index (χ4n) is 3.60. The molecule has 33 heavy (non-hydrogen) atoms. The zero-order chi connectivity index (χ0) is 23.4. The van der Waals surface area contributed by atoms with Gasteiger partial charge in [-0.2, -0.15) is 0 Å². The predicted molar refractivity (Wildman–Crippen MR) is 122 cm³/mol. The highest BCUT2D eigenvalue weighted by molar-refractivity contribution is 7.99. The average molecular weight is 473 g/mol. The molecule has 3 heterocycles. The van der Waals surface area contributed by atoms with Gasteiger partial charge < -0.3 is 19.2 Å². The molecule has 0 radical (unpaired) electrons. The van der Waals surface area contributed by atoms with Gasteiger partial charge >= 0.3 is 0 Å². The number of carbonyl (C=O) groups excluding carboxylic acids is 2. The number of aryl methyl sites for hydroxylation is 1. The largest absolute Gasteiger partial charge is 0.469 e. The Kier molecular flexibility index (Phi) is 7.09. The SMILES string of the molecule is Cc1occc1-c1nnc(SCC(=O)N2CCN(CC(=O)Nc3ccc(F)cc3)CC2)n1C. The number of piperazine rings is 1. The lowest BCUT2D eigenvalue weighted by Crippen LogP contribution is -2.50. The van der Waals surface area contributed by atoms with Gasteiger partial charge in [0.25, 0.3) is 0 Å². The van der Waals surface area contributed by atoms with Crippen LogP contribution in [0.15, 0.2) is 46.2 Å². The topological polar surface area (TPSA) is 96.5 Å². The predicted octanol–water partition coefficient (Wildman–Crippen LogP) is 2.40. The summed E-state index contributed by atoms with van der Waals surface area (Å²) in [6.45, 7) is 4.43. The molecule has 1 N–H and O–H groups in total. The molecule has 11 heteroatoms. The number of aromatic nitrogens is 3. The van der Waals surface area contributed by atoms with E-state index in [2.05, 4.69) is 15.5 Å². The second-order valence-corrected chi connectivity index (χ2v) is 8.70. The van der Waals surface area contributed by atoms with Crippen LogP contribution >= 0.6 is 11.8 Å². The molecular formula is C22H25FN6O3S. The molecule has 1 aliphatic rings. The van der Waals surface area contributed by atoms with Gasteiger partial charge in [0.2, 0.25) is 11.8 Å². The van der Waals surface area contributed by atoms with Crippen molar-refractivity contribution in [2.24, 2.45) is 7.05 Å². The van der Waals surface area contributed by atoms with Crippen molar-refractivity contribution in [1.29, 1.82) is 0 Å². The van der Waals surface area contributed by atoms with Crippen LogP contribution < -0.4 is 5.32 Å². The van der Waals surface area contributed by atoms with Crippen molar-refractivity contribution in [3.05, 3.63) is 48.2 Å². The molecule has 0 atom stereocenters. The van der Waals surface area contributed by atoms with Crippen molar-refractivity contribution >= 4 is 29.3 Å². The van der Waals surface area contributed by atoms with Crippen molar-refractivity contribution in [1.82, 2.24) is 24.6 Å². The third-order valence-electron chi connectivity index (χ3n) is 5.48. The summed E-state index contributed by atoms with van der Waals surface area (Å²) in [6.07, 6.45) is 1.61. The van der Waals surface area contributed by atoms with Crippen molar-refractivity contribution in [2.75, 3.05) is 43.8 Å². The van der Waals surface area contributed by atoms with Crippen LogP contribution in [0.2, 0.25) is 0 Å². The number of carbonyl (C=O) groups is 2. The molecule has 1 saturated heterocycles. The van der Waals surface area contributed by atoms with Gasteiger partial charge in [0.1, 0.15) is 11.6 Å². The van der Waals surface area contributed by atoms with Crippen LogP contribution in [0.1, 0.15) is 5.76 Å². The zero-order valence-electron chi connectivity index (χ0n) is 18.5. The fourth-order valence-corrected chi connectivity index (χ4v) is 4.42. The fraction of sp³-hybridized carbons (Fsp3) is 0.364. The molecule has 0 bridgehead atoms. The molecular weight excluding hydrogens is 447 g/mol. The minimum atomic E-state index is -0.348. The Labute approximate surface area is 194 Å². The van der Waals surface area contributed by atoms with E-state index in [1.807, 2.05) is 29.5 Å². The summed E-state index contributed by atoms with van der Waals surface area (Å²) in [5.74, 6) is 1.24. The molecule has 9 nitrogen and oxygen atoms in total. The molecule has 1 aliphatic heterocycles. The average Bonchev–Trinajstić information content (AvgIpc) is 3.38. The molecule has 0 saturated carbocycles. The maximum Gasteiger partial charge on any atom is 0.238 e. The number of hydrogen-bond acceptors (Lipinski definition) is 7. The third-order valence-corrected chi connectivity index (χ3v) is 6.48. The summed E-state index contributed by atoms with van der Waals surface area (Å²) in [5, 5.41) is 11.8. The van der Waals surface area contributed by atoms with E-state index in [-0.39, 0.29) is 29.9 Å². The third kappa shape index (κ3) is 5.60. The Hall–Kier alpha value is -3.18. The normalized spacial score (nSPS) is 14.5. The highest BCUT2D eigenvalue weighted by Crippen LogP contribution is 2.26. The van der Waals surface area contributed by atoms with Gasteiger partial charge in [-0.25, -0.2) is 4.39 Å². The van der Waals surface area contributed by atoms with Crippen LogP contribution in [-0.4, -0.2) is 74.9 Å². The lowest BCUT2D eigenvalue weighted by atomic mass is 10.2. The van der Waals surface area contributed by atoms with E-state index in [9.17, 15) is 14.0 Å². The number of thioether (sulfide) groups is 1. The van der Waals surface area contributed by atoms with Crippen molar-refractivity contribution < 1.29 is 18.4 Å². The molecule has 4 rings (SSSR count). The van der Waals surface area contributed by atoms with Crippen molar-refractivity contribution in [3.8, 4) is 11.4 Å². The first-order valence-electron chi connectivity index (χ1n) is 10.5. The number of anilines is 1. The summed E-state index contributed by atoms with van der Waals surface area (Å²) in [6, 6.07) is 7.50. The van der Waals surface area contributed by atoms with E-state index in [1.54, 1.807) is 11.2 Å². The van der Waals surface area contributed by atoms with Gasteiger partial charge in [-0.05, 0) is 37.3 Å². The first-order valence-corrected chi connectivity index (χ1v) is 11.5. The standard InChI is InChI=1S/C22H25FN6O3S/c1-15-18(7-12-32-15)21-25-26-22(27(21)2)33-14-20(31)29-10-8-28(9-11-29)13-19(30)24-17-5-3-16(23)4-6-17/h3-7,12H,8-11,13-14H2,1-2H3,(H,24,30). The summed E-state index contributed by atoms with van der Waals surface area (Å²) in [7, 11) is 1.87. The van der Waals surface area contributed by atoms with E-state index >= 15 is 0 Å². The molecule has 0 spiro atoms. The molecule has 2 aromatic heterocycles. The number of furan rings is 1. The molecule has 0 aliphatic carbocycles. The van der Waals surface area contributed by atoms with Crippen LogP contribution in [0.4, 0.5) is 10.1 Å². The minimum absolute atomic E-state index is 0.0273. The van der Waals surface area contributed by atoms with Crippen molar-refractivity contribution in [2.45, 2.75) is 12.1 Å². The molecule has 3 aromatic rings. The number of amides is 2. The number of rotatable bonds is 7. The Morgan fingerprint density at radius 3 is 2.52 bits per heavy atom. The monoisotopic (exact) mass is 472 g/mol. The van der Waals surface area contributed by atoms with Gasteiger partial charge in [0, 0.05) is 38.9 Å². The summed E-state index contributed by atoms with van der Waals surface area (Å²) < 4.78 is 20.2. The van der Waals surface area contributed by atoms with Gasteiger partial charge in [0.05, 0.1) is 24.1 Å². The number of halogens is 1. The van der Waals surface area contributed by atoms with Gasteiger partial charge in [-0.1, -0.05) is 11.8 Å². The highest BCUT2D eigenvalue weighted by Gasteiger charge is 2.23. The second-order valence-electron chi connectivity index (χ2n) is 7.76. The number of benzene rings is 1. The zero-order valence-corrected chi connectivity index (χ0v) is 19.3. The lowest BCUT2D eigenvalue weighted by Gasteiger charge is -2.34. The van der Waals surface area contributed by atoms with Crippen LogP contribution in [0.25, 0.3) is 11.4 Å². The number of nitrogens with zero attached hydrogens (tertiary/aromatic N) is 5. The first-order chi connectivity index (χ1) is 15.9. The van der Waals surface area contributed by atoms with Gasteiger partial charge in [0.15, 0.2) is 11.0 Å². The van der Waals surface area contributed by atoms with E-state index in [1.165, 1.54) is 36.0 Å². The molecule has 0 unspecified atom stereocenters. The molecule has 1 aromatic carbocycles. The Balaban J connectivity index is 1.22. The van der Waals surface area contributed by atoms with Crippen LogP contribution in [0.5, 0.6) is 0 Å². The van der Waals surface area contributed by atoms with E-state index < -0.39 is 0 Å². The second kappa shape index (κ2) is 10.2. The molecule has 2 amide bonds. The first kappa shape index (κ1) is 23.0. The maximum atomic E-state index is 13.0. The van der Waals surface area contributed by atoms with Crippen LogP contribution in [0.3, 0.4) is 0 Å². The minimum Gasteiger partial charge on any atom is -0.469 e. The molecule has 174 valence electrons. The highest BCUT2D eigenvalue weighted by atomic mass is 32.2. The van der Waals surface area contributed by atoms with E-state index in [4.69, 9.17) is 4.42 Å². The Bertz CT molecular complexity index is 1120. The van der Waals surface area contributed by atoms with Gasteiger partial charge in [-0.15, -0.1) is 10.2 Å². The van der Waals surface area contributed by atoms with Gasteiger partial charge in [-0.3, -0.25) is 14.5 Å². The smallest absolute Gasteiger partial charge is 0.238 e. The maximum absolute atomic E-state index is 13.0. The summed E-state index contributed by atoms with van der Waals surface area (Å²) in [5.41, 5.74) is 1.44. The van der Waals surface area contributed by atoms with Crippen molar-refractivity contribution in [3.63, 3.8) is 0 Å². The Morgan fingerprint density at radius 1 is 1.12 bits per heavy atom. The summed E-state index contributed by atoms with van der Waals surface area (Å²) >= 11 is 1.35. The number of nitrogens with one attached hydrogen (secondary N) is 1. The van der Waals surface area contributed by atoms with Crippen LogP contribution in [0, 0.1) is 12.7 Å². The van der Waals surface area contributed by atoms with E-state index in [0.29, 0.717) is 42.8 Å². The summed E-state index contributed by atoms with van der Waals surface area (Å²) in [4.78, 5) is 28.7.